The molecule has 3 rings (SSSR count). The van der Waals surface area contributed by atoms with Gasteiger partial charge in [-0.2, -0.15) is 0 Å². The maximum atomic E-state index is 9.82. The van der Waals surface area contributed by atoms with Gasteiger partial charge in [-0.1, -0.05) is 0 Å². The molecule has 2 aliphatic rings. The molecule has 2 atom stereocenters. The number of benzene rings is 1. The third-order valence-corrected chi connectivity index (χ3v) is 3.48. The number of fused-ring (bicyclic) bond motifs is 2. The van der Waals surface area contributed by atoms with Crippen LogP contribution in [0.25, 0.3) is 0 Å². The third kappa shape index (κ3) is 1.68. The molecular formula is C13H16O4. The van der Waals surface area contributed by atoms with E-state index in [1.165, 1.54) is 12.1 Å². The Bertz CT molecular complexity index is 426. The number of phenols is 2. The van der Waals surface area contributed by atoms with Crippen LogP contribution in [0.3, 0.4) is 0 Å². The van der Waals surface area contributed by atoms with E-state index >= 15 is 0 Å². The number of rotatable bonds is 0. The van der Waals surface area contributed by atoms with Crippen molar-refractivity contribution in [3.63, 3.8) is 0 Å². The molecule has 0 spiro atoms. The molecule has 0 amide bonds. The normalized spacial score (nSPS) is 29.8. The van der Waals surface area contributed by atoms with Gasteiger partial charge in [-0.15, -0.1) is 0 Å². The molecule has 1 heterocycles. The van der Waals surface area contributed by atoms with Gasteiger partial charge >= 0.3 is 0 Å². The van der Waals surface area contributed by atoms with Gasteiger partial charge in [-0.25, -0.2) is 0 Å². The van der Waals surface area contributed by atoms with Crippen molar-refractivity contribution in [2.24, 2.45) is 0 Å². The molecule has 1 aliphatic carbocycles. The molecule has 92 valence electrons. The van der Waals surface area contributed by atoms with Crippen molar-refractivity contribution in [2.45, 2.75) is 44.7 Å². The first-order valence-electron chi connectivity index (χ1n) is 5.84. The highest BCUT2D eigenvalue weighted by Crippen LogP contribution is 2.41. The Hall–Kier alpha value is -1.26. The minimum absolute atomic E-state index is 0.0369. The lowest BCUT2D eigenvalue weighted by molar-refractivity contribution is -0.145. The zero-order chi connectivity index (χ0) is 12.2. The van der Waals surface area contributed by atoms with Gasteiger partial charge in [-0.05, 0) is 26.0 Å². The van der Waals surface area contributed by atoms with Crippen molar-refractivity contribution in [1.82, 2.24) is 0 Å². The largest absolute Gasteiger partial charge is 0.508 e. The van der Waals surface area contributed by atoms with Crippen molar-refractivity contribution in [3.8, 4) is 11.5 Å². The molecule has 1 aromatic rings. The minimum atomic E-state index is -0.581. The van der Waals surface area contributed by atoms with Crippen LogP contribution in [-0.4, -0.2) is 28.2 Å². The van der Waals surface area contributed by atoms with Crippen molar-refractivity contribution in [2.75, 3.05) is 0 Å². The Kier molecular flexibility index (Phi) is 2.15. The van der Waals surface area contributed by atoms with E-state index in [2.05, 4.69) is 0 Å². The Morgan fingerprint density at radius 1 is 1.00 bits per heavy atom. The van der Waals surface area contributed by atoms with Gasteiger partial charge in [-0.3, -0.25) is 0 Å². The van der Waals surface area contributed by atoms with Crippen LogP contribution in [-0.2, 0) is 22.3 Å². The van der Waals surface area contributed by atoms with Gasteiger partial charge in [0.25, 0.3) is 0 Å². The van der Waals surface area contributed by atoms with Crippen molar-refractivity contribution >= 4 is 0 Å². The van der Waals surface area contributed by atoms with Gasteiger partial charge in [0.2, 0.25) is 0 Å². The van der Waals surface area contributed by atoms with E-state index in [0.29, 0.717) is 12.8 Å². The van der Waals surface area contributed by atoms with E-state index in [0.717, 1.165) is 11.1 Å². The molecule has 0 saturated carbocycles. The Morgan fingerprint density at radius 2 is 1.41 bits per heavy atom. The number of hydrogen-bond donors (Lipinski definition) is 2. The molecule has 17 heavy (non-hydrogen) atoms. The Balaban J connectivity index is 1.99. The fraction of sp³-hybridized carbons (Fsp3) is 0.538. The molecular weight excluding hydrogens is 220 g/mol. The molecule has 4 heteroatoms. The molecule has 0 radical (unpaired) electrons. The van der Waals surface area contributed by atoms with Crippen LogP contribution in [0, 0.1) is 0 Å². The van der Waals surface area contributed by atoms with Crippen LogP contribution in [0.1, 0.15) is 25.0 Å². The summed E-state index contributed by atoms with van der Waals surface area (Å²) in [7, 11) is 0. The van der Waals surface area contributed by atoms with Gasteiger partial charge in [0.1, 0.15) is 11.5 Å². The van der Waals surface area contributed by atoms with Crippen LogP contribution >= 0.6 is 0 Å². The number of phenolic OH excluding ortho intramolecular Hbond substituents is 2. The zero-order valence-corrected chi connectivity index (χ0v) is 9.93. The van der Waals surface area contributed by atoms with E-state index in [-0.39, 0.29) is 23.7 Å². The maximum Gasteiger partial charge on any atom is 0.163 e. The first kappa shape index (κ1) is 10.9. The topological polar surface area (TPSA) is 58.9 Å². The van der Waals surface area contributed by atoms with E-state index in [4.69, 9.17) is 9.47 Å². The highest BCUT2D eigenvalue weighted by atomic mass is 16.7. The Labute approximate surface area is 99.8 Å². The summed E-state index contributed by atoms with van der Waals surface area (Å²) in [6, 6.07) is 3.05. The maximum absolute atomic E-state index is 9.82. The first-order chi connectivity index (χ1) is 7.96. The summed E-state index contributed by atoms with van der Waals surface area (Å²) in [6.45, 7) is 3.77. The minimum Gasteiger partial charge on any atom is -0.508 e. The third-order valence-electron chi connectivity index (χ3n) is 3.48. The van der Waals surface area contributed by atoms with Gasteiger partial charge in [0.15, 0.2) is 5.79 Å². The number of hydrogen-bond acceptors (Lipinski definition) is 4. The molecule has 1 aliphatic heterocycles. The van der Waals surface area contributed by atoms with Gasteiger partial charge in [0.05, 0.1) is 12.2 Å². The fourth-order valence-electron chi connectivity index (χ4n) is 2.78. The van der Waals surface area contributed by atoms with Crippen molar-refractivity contribution in [3.05, 3.63) is 23.3 Å². The lowest BCUT2D eigenvalue weighted by Crippen LogP contribution is -2.32. The predicted octanol–water partition coefficient (Wildman–Crippen LogP) is 1.72. The lowest BCUT2D eigenvalue weighted by Gasteiger charge is -2.26. The summed E-state index contributed by atoms with van der Waals surface area (Å²) in [5, 5.41) is 19.6. The van der Waals surface area contributed by atoms with E-state index in [9.17, 15) is 10.2 Å². The second-order valence-electron chi connectivity index (χ2n) is 5.18. The van der Waals surface area contributed by atoms with Crippen LogP contribution in [0.2, 0.25) is 0 Å². The summed E-state index contributed by atoms with van der Waals surface area (Å²) in [5.41, 5.74) is 1.57. The molecule has 0 bridgehead atoms. The van der Waals surface area contributed by atoms with Crippen LogP contribution in [0.5, 0.6) is 11.5 Å². The molecule has 0 aromatic heterocycles. The smallest absolute Gasteiger partial charge is 0.163 e. The second-order valence-corrected chi connectivity index (χ2v) is 5.18. The highest BCUT2D eigenvalue weighted by molar-refractivity contribution is 5.49. The predicted molar refractivity (Wildman–Crippen MR) is 61.0 cm³/mol. The molecule has 1 aromatic carbocycles. The van der Waals surface area contributed by atoms with E-state index in [1.54, 1.807) is 0 Å². The van der Waals surface area contributed by atoms with Crippen LogP contribution in [0.4, 0.5) is 0 Å². The summed E-state index contributed by atoms with van der Waals surface area (Å²) >= 11 is 0. The standard InChI is InChI=1S/C13H16O4/c1-13(2)16-11-5-7-8(6-12(11)17-13)10(15)4-3-9(7)14/h3-4,11-12,14-15H,5-6H2,1-2H3/t11-,12+. The quantitative estimate of drug-likeness (QED) is 0.673. The average Bonchev–Trinajstić information content (AvgIpc) is 2.54. The van der Waals surface area contributed by atoms with Crippen LogP contribution in [0.15, 0.2) is 12.1 Å². The molecule has 1 saturated heterocycles. The first-order valence-corrected chi connectivity index (χ1v) is 5.84. The van der Waals surface area contributed by atoms with Crippen LogP contribution < -0.4 is 0 Å². The molecule has 0 unspecified atom stereocenters. The fourth-order valence-corrected chi connectivity index (χ4v) is 2.78. The molecule has 1 fully saturated rings. The average molecular weight is 236 g/mol. The monoisotopic (exact) mass is 236 g/mol. The lowest BCUT2D eigenvalue weighted by atomic mass is 9.86. The second kappa shape index (κ2) is 3.37. The molecule has 4 nitrogen and oxygen atoms in total. The van der Waals surface area contributed by atoms with E-state index < -0.39 is 5.79 Å². The van der Waals surface area contributed by atoms with Crippen molar-refractivity contribution in [1.29, 1.82) is 0 Å². The number of aromatic hydroxyl groups is 2. The summed E-state index contributed by atoms with van der Waals surface area (Å²) < 4.78 is 11.6. The summed E-state index contributed by atoms with van der Waals surface area (Å²) in [4.78, 5) is 0. The van der Waals surface area contributed by atoms with E-state index in [1.807, 2.05) is 13.8 Å². The Morgan fingerprint density at radius 3 is 1.82 bits per heavy atom. The summed E-state index contributed by atoms with van der Waals surface area (Å²) in [6.07, 6.45) is 1.10. The summed E-state index contributed by atoms with van der Waals surface area (Å²) in [5.74, 6) is -0.128. The number of ether oxygens (including phenoxy) is 2. The molecule has 2 N–H and O–H groups in total. The highest BCUT2D eigenvalue weighted by Gasteiger charge is 2.44. The SMILES string of the molecule is CC1(C)O[C@H]2Cc3c(O)ccc(O)c3C[C@H]2O1. The van der Waals surface area contributed by atoms with Gasteiger partial charge in [0, 0.05) is 24.0 Å². The van der Waals surface area contributed by atoms with Crippen molar-refractivity contribution < 1.29 is 19.7 Å². The zero-order valence-electron chi connectivity index (χ0n) is 9.93. The van der Waals surface area contributed by atoms with Gasteiger partial charge < -0.3 is 19.7 Å².